The Morgan fingerprint density at radius 3 is 2.39 bits per heavy atom. The third-order valence-electron chi connectivity index (χ3n) is 8.71. The average molecular weight is 721 g/mol. The van der Waals surface area contributed by atoms with Crippen molar-refractivity contribution in [3.8, 4) is 5.75 Å². The summed E-state index contributed by atoms with van der Waals surface area (Å²) in [6, 6.07) is 10.5. The molecule has 2 aromatic carbocycles. The van der Waals surface area contributed by atoms with Gasteiger partial charge in [-0.25, -0.2) is 16.8 Å². The van der Waals surface area contributed by atoms with Crippen LogP contribution >= 0.6 is 0 Å². The molecule has 49 heavy (non-hydrogen) atoms. The molecule has 15 heteroatoms. The van der Waals surface area contributed by atoms with Crippen molar-refractivity contribution in [1.29, 1.82) is 0 Å². The van der Waals surface area contributed by atoms with Gasteiger partial charge in [0.05, 0.1) is 35.3 Å². The van der Waals surface area contributed by atoms with Gasteiger partial charge in [0, 0.05) is 38.3 Å². The molecule has 0 radical (unpaired) electrons. The molecule has 0 unspecified atom stereocenters. The average Bonchev–Trinajstić information content (AvgIpc) is 3.40. The Balaban J connectivity index is 1.69. The molecule has 4 rings (SSSR count). The fraction of sp³-hybridized carbons (Fsp3) is 0.529. The van der Waals surface area contributed by atoms with Gasteiger partial charge in [-0.3, -0.25) is 9.52 Å². The van der Waals surface area contributed by atoms with Crippen molar-refractivity contribution in [2.24, 2.45) is 5.92 Å². The number of carbonyl (C=O) groups excluding carboxylic acids is 1. The summed E-state index contributed by atoms with van der Waals surface area (Å²) < 4.78 is 75.0. The summed E-state index contributed by atoms with van der Waals surface area (Å²) in [7, 11) is -6.43. The molecule has 1 aliphatic rings. The summed E-state index contributed by atoms with van der Waals surface area (Å²) in [6.07, 6.45) is 1.23. The number of anilines is 1. The fourth-order valence-electron chi connectivity index (χ4n) is 5.75. The summed E-state index contributed by atoms with van der Waals surface area (Å²) in [6.45, 7) is 10.5. The number of hydrogen-bond donors (Lipinski definition) is 2. The fourth-order valence-corrected chi connectivity index (χ4v) is 8.32. The predicted octanol–water partition coefficient (Wildman–Crippen LogP) is 4.52. The first-order valence-electron chi connectivity index (χ1n) is 16.4. The second-order valence-electron chi connectivity index (χ2n) is 12.9. The van der Waals surface area contributed by atoms with E-state index in [0.29, 0.717) is 19.4 Å². The summed E-state index contributed by atoms with van der Waals surface area (Å²) in [5.74, 6) is -0.469. The Morgan fingerprint density at radius 2 is 1.76 bits per heavy atom. The zero-order valence-electron chi connectivity index (χ0n) is 29.2. The number of carbonyl (C=O) groups is 1. The molecule has 4 atom stereocenters. The van der Waals surface area contributed by atoms with Crippen molar-refractivity contribution in [1.82, 2.24) is 14.4 Å². The number of nitrogens with zero attached hydrogens (tertiary/aromatic N) is 3. The van der Waals surface area contributed by atoms with Crippen LogP contribution in [-0.2, 0) is 24.8 Å². The van der Waals surface area contributed by atoms with Crippen LogP contribution in [0.1, 0.15) is 67.4 Å². The molecular weight excluding hydrogens is 673 g/mol. The lowest BCUT2D eigenvalue weighted by Crippen LogP contribution is -2.48. The van der Waals surface area contributed by atoms with Gasteiger partial charge in [0.1, 0.15) is 11.4 Å². The van der Waals surface area contributed by atoms with Gasteiger partial charge in [0.2, 0.25) is 10.0 Å². The van der Waals surface area contributed by atoms with Gasteiger partial charge in [0.25, 0.3) is 15.9 Å². The lowest BCUT2D eigenvalue weighted by Gasteiger charge is -2.35. The van der Waals surface area contributed by atoms with Crippen LogP contribution in [0.5, 0.6) is 5.75 Å². The van der Waals surface area contributed by atoms with E-state index in [1.165, 1.54) is 42.2 Å². The van der Waals surface area contributed by atoms with Crippen molar-refractivity contribution >= 4 is 31.6 Å². The number of likely N-dealkylation sites (N-methyl/N-ethyl adjacent to an activating group) is 1. The van der Waals surface area contributed by atoms with Gasteiger partial charge in [-0.1, -0.05) is 29.8 Å². The van der Waals surface area contributed by atoms with Gasteiger partial charge < -0.3 is 24.0 Å². The van der Waals surface area contributed by atoms with Crippen LogP contribution in [0.15, 0.2) is 56.8 Å². The van der Waals surface area contributed by atoms with Crippen LogP contribution in [0.25, 0.3) is 0 Å². The van der Waals surface area contributed by atoms with Gasteiger partial charge in [-0.2, -0.15) is 4.31 Å². The quantitative estimate of drug-likeness (QED) is 0.321. The summed E-state index contributed by atoms with van der Waals surface area (Å²) in [5.41, 5.74) is 1.37. The van der Waals surface area contributed by atoms with E-state index in [1.54, 1.807) is 37.3 Å². The third-order valence-corrected chi connectivity index (χ3v) is 12.2. The normalized spacial score (nSPS) is 20.7. The minimum Gasteiger partial charge on any atom is -0.490 e. The molecule has 1 amide bonds. The molecule has 1 aliphatic heterocycles. The van der Waals surface area contributed by atoms with Crippen LogP contribution < -0.4 is 9.46 Å². The van der Waals surface area contributed by atoms with Crippen molar-refractivity contribution in [2.45, 2.75) is 88.8 Å². The molecule has 0 bridgehead atoms. The van der Waals surface area contributed by atoms with Crippen LogP contribution in [0.2, 0.25) is 0 Å². The van der Waals surface area contributed by atoms with Crippen molar-refractivity contribution in [3.63, 3.8) is 0 Å². The number of aliphatic hydroxyl groups excluding tert-OH is 1. The molecular formula is C34H48N4O9S2. The number of aliphatic hydroxyl groups is 1. The Labute approximate surface area is 289 Å². The maximum Gasteiger partial charge on any atom is 0.267 e. The highest BCUT2D eigenvalue weighted by molar-refractivity contribution is 7.92. The number of nitrogens with one attached hydrogen (secondary N) is 1. The summed E-state index contributed by atoms with van der Waals surface area (Å²) in [5, 5.41) is 14.0. The van der Waals surface area contributed by atoms with Crippen LogP contribution in [0.4, 0.5) is 5.69 Å². The van der Waals surface area contributed by atoms with Crippen molar-refractivity contribution in [3.05, 3.63) is 65.0 Å². The Morgan fingerprint density at radius 1 is 1.06 bits per heavy atom. The second kappa shape index (κ2) is 16.0. The number of hydrogen-bond acceptors (Lipinski definition) is 10. The lowest BCUT2D eigenvalue weighted by atomic mass is 10.0. The Bertz CT molecular complexity index is 1790. The molecule has 2 N–H and O–H groups in total. The number of aryl methyl sites for hydroxylation is 3. The van der Waals surface area contributed by atoms with Crippen molar-refractivity contribution < 1.29 is 40.7 Å². The molecule has 0 fully saturated rings. The van der Waals surface area contributed by atoms with E-state index in [4.69, 9.17) is 14.0 Å². The molecule has 0 spiro atoms. The number of fused-ring (bicyclic) bond motifs is 1. The number of ether oxygens (including phenoxy) is 2. The SMILES string of the molecule is Cc1ccc(S(=O)(=O)N(C)C[C@@H]2OCCCC[C@H](C)Oc3ccc(NS(=O)(=O)c4c(C)noc4C)cc3C(=O)N([C@@H](C)CO)C[C@H]2C)cc1. The first kappa shape index (κ1) is 38.3. The number of rotatable bonds is 9. The molecule has 0 saturated carbocycles. The second-order valence-corrected chi connectivity index (χ2v) is 16.5. The molecule has 270 valence electrons. The van der Waals surface area contributed by atoms with Crippen LogP contribution in [0.3, 0.4) is 0 Å². The van der Waals surface area contributed by atoms with E-state index < -0.39 is 38.1 Å². The predicted molar refractivity (Wildman–Crippen MR) is 185 cm³/mol. The monoisotopic (exact) mass is 720 g/mol. The Hall–Kier alpha value is -3.50. The van der Waals surface area contributed by atoms with Crippen LogP contribution in [-0.4, -0.2) is 93.8 Å². The van der Waals surface area contributed by atoms with E-state index in [1.807, 2.05) is 20.8 Å². The van der Waals surface area contributed by atoms with Crippen molar-refractivity contribution in [2.75, 3.05) is 38.1 Å². The highest BCUT2D eigenvalue weighted by Gasteiger charge is 2.33. The highest BCUT2D eigenvalue weighted by Crippen LogP contribution is 2.30. The van der Waals surface area contributed by atoms with Crippen LogP contribution in [0, 0.1) is 26.7 Å². The van der Waals surface area contributed by atoms with E-state index >= 15 is 0 Å². The minimum atomic E-state index is -4.11. The number of sulfonamides is 2. The molecule has 2 heterocycles. The molecule has 0 saturated heterocycles. The first-order chi connectivity index (χ1) is 23.0. The van der Waals surface area contributed by atoms with Gasteiger partial charge in [-0.15, -0.1) is 0 Å². The summed E-state index contributed by atoms with van der Waals surface area (Å²) >= 11 is 0. The zero-order chi connectivity index (χ0) is 36.1. The molecule has 1 aromatic heterocycles. The van der Waals surface area contributed by atoms with E-state index in [0.717, 1.165) is 12.0 Å². The van der Waals surface area contributed by atoms with E-state index in [2.05, 4.69) is 9.88 Å². The standard InChI is InChI=1S/C34H48N4O9S2/c1-22-11-14-29(15-12-22)49(43,44)37(7)20-32-23(2)19-38(24(3)21-39)34(40)30-18-28(36-48(41,42)33-26(5)35-47-27(33)6)13-16-31(30)46-25(4)10-8-9-17-45-32/h11-16,18,23-25,32,36,39H,8-10,17,19-21H2,1-7H3/t23-,24+,25+,32+/m1/s1. The highest BCUT2D eigenvalue weighted by atomic mass is 32.2. The minimum absolute atomic E-state index is 0.0383. The number of benzene rings is 2. The zero-order valence-corrected chi connectivity index (χ0v) is 30.8. The molecule has 3 aromatic rings. The summed E-state index contributed by atoms with van der Waals surface area (Å²) in [4.78, 5) is 16.0. The topological polar surface area (TPSA) is 169 Å². The smallest absolute Gasteiger partial charge is 0.267 e. The molecule has 0 aliphatic carbocycles. The number of amides is 1. The maximum absolute atomic E-state index is 14.4. The van der Waals surface area contributed by atoms with Gasteiger partial charge in [-0.05, 0) is 84.2 Å². The third kappa shape index (κ3) is 9.19. The van der Waals surface area contributed by atoms with Gasteiger partial charge in [0.15, 0.2) is 10.7 Å². The molecule has 13 nitrogen and oxygen atoms in total. The Kier molecular flexibility index (Phi) is 12.5. The van der Waals surface area contributed by atoms with E-state index in [-0.39, 0.29) is 70.0 Å². The largest absolute Gasteiger partial charge is 0.490 e. The first-order valence-corrected chi connectivity index (χ1v) is 19.3. The van der Waals surface area contributed by atoms with E-state index in [9.17, 15) is 26.7 Å². The maximum atomic E-state index is 14.4. The number of aromatic nitrogens is 1. The van der Waals surface area contributed by atoms with Gasteiger partial charge >= 0.3 is 0 Å². The lowest BCUT2D eigenvalue weighted by molar-refractivity contribution is -0.00833.